The third-order valence-electron chi connectivity index (χ3n) is 5.78. The van der Waals surface area contributed by atoms with E-state index in [-0.39, 0.29) is 29.8 Å². The Kier molecular flexibility index (Phi) is 6.69. The number of rotatable bonds is 5. The van der Waals surface area contributed by atoms with Crippen molar-refractivity contribution in [2.24, 2.45) is 11.8 Å². The predicted molar refractivity (Wildman–Crippen MR) is 101 cm³/mol. The summed E-state index contributed by atoms with van der Waals surface area (Å²) < 4.78 is 18.3. The van der Waals surface area contributed by atoms with Gasteiger partial charge in [-0.05, 0) is 69.1 Å². The molecule has 148 valence electrons. The highest BCUT2D eigenvalue weighted by Crippen LogP contribution is 2.32. The maximum Gasteiger partial charge on any atom is 0.317 e. The molecular formula is C21H29FN2O3. The van der Waals surface area contributed by atoms with Gasteiger partial charge in [0.25, 0.3) is 0 Å². The van der Waals surface area contributed by atoms with Crippen LogP contribution in [0.1, 0.15) is 57.1 Å². The van der Waals surface area contributed by atoms with Gasteiger partial charge in [-0.3, -0.25) is 4.79 Å². The Morgan fingerprint density at radius 3 is 2.52 bits per heavy atom. The van der Waals surface area contributed by atoms with E-state index in [1.807, 2.05) is 11.8 Å². The fraction of sp³-hybridized carbons (Fsp3) is 0.619. The second-order valence-electron chi connectivity index (χ2n) is 7.56. The van der Waals surface area contributed by atoms with E-state index in [1.54, 1.807) is 12.1 Å². The molecule has 1 aromatic carbocycles. The monoisotopic (exact) mass is 376 g/mol. The molecule has 6 heteroatoms. The summed E-state index contributed by atoms with van der Waals surface area (Å²) in [5.41, 5.74) is 0.985. The lowest BCUT2D eigenvalue weighted by atomic mass is 9.82. The van der Waals surface area contributed by atoms with Gasteiger partial charge in [-0.1, -0.05) is 12.1 Å². The number of amides is 2. The highest BCUT2D eigenvalue weighted by atomic mass is 19.1. The third-order valence-corrected chi connectivity index (χ3v) is 5.78. The van der Waals surface area contributed by atoms with Crippen molar-refractivity contribution < 1.29 is 18.7 Å². The average molecular weight is 376 g/mol. The predicted octanol–water partition coefficient (Wildman–Crippen LogP) is 4.04. The van der Waals surface area contributed by atoms with Crippen LogP contribution in [0.4, 0.5) is 9.18 Å². The number of nitrogens with one attached hydrogen (secondary N) is 1. The van der Waals surface area contributed by atoms with Crippen LogP contribution in [0.25, 0.3) is 0 Å². The van der Waals surface area contributed by atoms with E-state index < -0.39 is 0 Å². The topological polar surface area (TPSA) is 58.6 Å². The molecule has 1 saturated carbocycles. The Morgan fingerprint density at radius 2 is 1.85 bits per heavy atom. The number of urea groups is 1. The van der Waals surface area contributed by atoms with Crippen LogP contribution in [0.15, 0.2) is 24.3 Å². The van der Waals surface area contributed by atoms with Gasteiger partial charge in [0, 0.05) is 13.1 Å². The number of esters is 1. The molecular weight excluding hydrogens is 347 g/mol. The van der Waals surface area contributed by atoms with Crippen LogP contribution in [0.5, 0.6) is 0 Å². The second-order valence-corrected chi connectivity index (χ2v) is 7.56. The number of nitrogens with zero attached hydrogens (tertiary/aromatic N) is 1. The molecule has 1 heterocycles. The van der Waals surface area contributed by atoms with Gasteiger partial charge in [-0.2, -0.15) is 0 Å². The minimum absolute atomic E-state index is 0.0124. The Bertz CT molecular complexity index is 641. The van der Waals surface area contributed by atoms with Crippen molar-refractivity contribution in [3.63, 3.8) is 0 Å². The lowest BCUT2D eigenvalue weighted by molar-refractivity contribution is -0.149. The average Bonchev–Trinajstić information content (AvgIpc) is 3.17. The van der Waals surface area contributed by atoms with E-state index in [0.717, 1.165) is 50.6 Å². The fourth-order valence-corrected chi connectivity index (χ4v) is 4.24. The minimum Gasteiger partial charge on any atom is -0.466 e. The normalized spacial score (nSPS) is 25.3. The molecule has 1 atom stereocenters. The summed E-state index contributed by atoms with van der Waals surface area (Å²) >= 11 is 0. The molecule has 1 saturated heterocycles. The van der Waals surface area contributed by atoms with Gasteiger partial charge in [0.1, 0.15) is 5.82 Å². The highest BCUT2D eigenvalue weighted by molar-refractivity contribution is 5.75. The summed E-state index contributed by atoms with van der Waals surface area (Å²) in [6.45, 7) is 3.63. The second kappa shape index (κ2) is 9.20. The molecule has 0 unspecified atom stereocenters. The molecule has 1 N–H and O–H groups in total. The van der Waals surface area contributed by atoms with Gasteiger partial charge in [0.2, 0.25) is 0 Å². The van der Waals surface area contributed by atoms with Gasteiger partial charge < -0.3 is 15.0 Å². The standard InChI is InChI=1S/C21H29FN2O3/c1-2-27-20(25)17-7-5-15(6-8-17)14-23-21(26)24-13-3-4-19(24)16-9-11-18(22)12-10-16/h9-12,15,17,19H,2-8,13-14H2,1H3,(H,23,26)/t15?,17?,19-/m0/s1. The van der Waals surface area contributed by atoms with Crippen molar-refractivity contribution in [1.29, 1.82) is 0 Å². The molecule has 0 aromatic heterocycles. The van der Waals surface area contributed by atoms with Gasteiger partial charge in [-0.25, -0.2) is 9.18 Å². The number of benzene rings is 1. The fourth-order valence-electron chi connectivity index (χ4n) is 4.24. The molecule has 1 aliphatic heterocycles. The Hall–Kier alpha value is -2.11. The molecule has 1 aromatic rings. The van der Waals surface area contributed by atoms with Crippen LogP contribution < -0.4 is 5.32 Å². The number of halogens is 1. The Morgan fingerprint density at radius 1 is 1.15 bits per heavy atom. The SMILES string of the molecule is CCOC(=O)C1CCC(CNC(=O)N2CCC[C@H]2c2ccc(F)cc2)CC1. The van der Waals surface area contributed by atoms with Crippen molar-refractivity contribution in [3.8, 4) is 0 Å². The maximum absolute atomic E-state index is 13.2. The highest BCUT2D eigenvalue weighted by Gasteiger charge is 2.31. The molecule has 5 nitrogen and oxygen atoms in total. The third kappa shape index (κ3) is 4.99. The first-order valence-electron chi connectivity index (χ1n) is 10.0. The molecule has 27 heavy (non-hydrogen) atoms. The number of ether oxygens (including phenoxy) is 1. The number of hydrogen-bond donors (Lipinski definition) is 1. The summed E-state index contributed by atoms with van der Waals surface area (Å²) in [5, 5.41) is 3.07. The van der Waals surface area contributed by atoms with Crippen molar-refractivity contribution in [1.82, 2.24) is 10.2 Å². The minimum atomic E-state index is -0.258. The van der Waals surface area contributed by atoms with Crippen molar-refractivity contribution in [2.75, 3.05) is 19.7 Å². The van der Waals surface area contributed by atoms with E-state index in [2.05, 4.69) is 5.32 Å². The van der Waals surface area contributed by atoms with Crippen molar-refractivity contribution in [2.45, 2.75) is 51.5 Å². The van der Waals surface area contributed by atoms with Gasteiger partial charge >= 0.3 is 12.0 Å². The molecule has 0 radical (unpaired) electrons. The van der Waals surface area contributed by atoms with Crippen LogP contribution in [0, 0.1) is 17.7 Å². The van der Waals surface area contributed by atoms with Crippen LogP contribution in [0.2, 0.25) is 0 Å². The van der Waals surface area contributed by atoms with E-state index in [4.69, 9.17) is 4.74 Å². The summed E-state index contributed by atoms with van der Waals surface area (Å²) in [7, 11) is 0. The zero-order valence-electron chi connectivity index (χ0n) is 16.0. The summed E-state index contributed by atoms with van der Waals surface area (Å²) in [4.78, 5) is 26.3. The molecule has 0 spiro atoms. The smallest absolute Gasteiger partial charge is 0.317 e. The summed E-state index contributed by atoms with van der Waals surface area (Å²) in [5.74, 6) is 0.0789. The lowest BCUT2D eigenvalue weighted by Gasteiger charge is -2.29. The first-order valence-corrected chi connectivity index (χ1v) is 10.0. The first-order chi connectivity index (χ1) is 13.1. The first kappa shape index (κ1) is 19.6. The van der Waals surface area contributed by atoms with Gasteiger partial charge in [0.15, 0.2) is 0 Å². The number of carbonyl (C=O) groups excluding carboxylic acids is 2. The molecule has 2 aliphatic rings. The molecule has 0 bridgehead atoms. The molecule has 2 amide bonds. The summed E-state index contributed by atoms with van der Waals surface area (Å²) in [6, 6.07) is 6.40. The number of hydrogen-bond acceptors (Lipinski definition) is 3. The lowest BCUT2D eigenvalue weighted by Crippen LogP contribution is -2.42. The Balaban J connectivity index is 1.46. The summed E-state index contributed by atoms with van der Waals surface area (Å²) in [6.07, 6.45) is 5.41. The molecule has 3 rings (SSSR count). The van der Waals surface area contributed by atoms with Gasteiger partial charge in [0.05, 0.1) is 18.6 Å². The quantitative estimate of drug-likeness (QED) is 0.789. The van der Waals surface area contributed by atoms with Crippen LogP contribution >= 0.6 is 0 Å². The van der Waals surface area contributed by atoms with E-state index in [0.29, 0.717) is 19.1 Å². The van der Waals surface area contributed by atoms with Crippen molar-refractivity contribution in [3.05, 3.63) is 35.6 Å². The van der Waals surface area contributed by atoms with E-state index >= 15 is 0 Å². The van der Waals surface area contributed by atoms with Crippen LogP contribution in [-0.2, 0) is 9.53 Å². The zero-order valence-corrected chi connectivity index (χ0v) is 16.0. The van der Waals surface area contributed by atoms with Gasteiger partial charge in [-0.15, -0.1) is 0 Å². The van der Waals surface area contributed by atoms with Crippen LogP contribution in [-0.4, -0.2) is 36.6 Å². The van der Waals surface area contributed by atoms with Crippen molar-refractivity contribution >= 4 is 12.0 Å². The zero-order chi connectivity index (χ0) is 19.2. The maximum atomic E-state index is 13.2. The molecule has 2 fully saturated rings. The van der Waals surface area contributed by atoms with E-state index in [9.17, 15) is 14.0 Å². The molecule has 1 aliphatic carbocycles. The van der Waals surface area contributed by atoms with E-state index in [1.165, 1.54) is 12.1 Å². The number of likely N-dealkylation sites (tertiary alicyclic amines) is 1. The Labute approximate surface area is 160 Å². The largest absolute Gasteiger partial charge is 0.466 e. The number of carbonyl (C=O) groups is 2. The van der Waals surface area contributed by atoms with Crippen LogP contribution in [0.3, 0.4) is 0 Å².